The number of sulfonamides is 2. The molecule has 324 valence electrons. The molecule has 5 aliphatic rings. The van der Waals surface area contributed by atoms with E-state index in [-0.39, 0.29) is 77.0 Å². The summed E-state index contributed by atoms with van der Waals surface area (Å²) >= 11 is 0. The van der Waals surface area contributed by atoms with E-state index in [0.29, 0.717) is 36.1 Å². The zero-order valence-corrected chi connectivity index (χ0v) is 34.7. The first-order valence-electron chi connectivity index (χ1n) is 19.7. The molecule has 5 atom stereocenters. The van der Waals surface area contributed by atoms with E-state index < -0.39 is 84.1 Å². The van der Waals surface area contributed by atoms with Gasteiger partial charge in [0, 0.05) is 37.3 Å². The van der Waals surface area contributed by atoms with Gasteiger partial charge in [-0.25, -0.2) is 26.0 Å². The van der Waals surface area contributed by atoms with Gasteiger partial charge < -0.3 is 25.0 Å². The van der Waals surface area contributed by atoms with Crippen LogP contribution in [0.4, 0.5) is 14.9 Å². The number of hydrogen-bond acceptors (Lipinski definition) is 11. The van der Waals surface area contributed by atoms with E-state index in [1.54, 1.807) is 45.0 Å². The summed E-state index contributed by atoms with van der Waals surface area (Å²) in [6.45, 7) is 8.08. The normalized spacial score (nSPS) is 25.0. The van der Waals surface area contributed by atoms with Crippen molar-refractivity contribution < 1.29 is 49.9 Å². The zero-order valence-electron chi connectivity index (χ0n) is 33.0. The van der Waals surface area contributed by atoms with Crippen molar-refractivity contribution >= 4 is 49.5 Å². The number of halogens is 1. The molecule has 59 heavy (non-hydrogen) atoms. The van der Waals surface area contributed by atoms with E-state index in [1.807, 2.05) is 6.92 Å². The lowest BCUT2D eigenvalue weighted by Gasteiger charge is -2.36. The van der Waals surface area contributed by atoms with Gasteiger partial charge >= 0.3 is 6.09 Å². The Balaban J connectivity index is 0.00000585. The van der Waals surface area contributed by atoms with Crippen LogP contribution in [0, 0.1) is 17.2 Å². The molecule has 3 N–H and O–H groups in total. The van der Waals surface area contributed by atoms with Crippen LogP contribution in [0.2, 0.25) is 0 Å². The van der Waals surface area contributed by atoms with Gasteiger partial charge in [0.25, 0.3) is 5.91 Å². The first-order valence-corrected chi connectivity index (χ1v) is 22.7. The van der Waals surface area contributed by atoms with E-state index in [4.69, 9.17) is 9.47 Å². The molecule has 19 heteroatoms. The van der Waals surface area contributed by atoms with Crippen LogP contribution in [0.1, 0.15) is 78.4 Å². The minimum atomic E-state index is -3.92. The van der Waals surface area contributed by atoms with Crippen LogP contribution in [-0.2, 0) is 57.0 Å². The van der Waals surface area contributed by atoms with Crippen molar-refractivity contribution in [3.05, 3.63) is 59.4 Å². The smallest absolute Gasteiger partial charge is 0.410 e. The Hall–Kier alpha value is -4.33. The Morgan fingerprint density at radius 2 is 1.71 bits per heavy atom. The van der Waals surface area contributed by atoms with E-state index >= 15 is 0 Å². The minimum Gasteiger partial charge on any atom is -0.444 e. The van der Waals surface area contributed by atoms with Gasteiger partial charge in [-0.1, -0.05) is 59.7 Å². The maximum Gasteiger partial charge on any atom is 0.410 e. The summed E-state index contributed by atoms with van der Waals surface area (Å²) in [6, 6.07) is 8.42. The number of fused-ring (bicyclic) bond motifs is 1. The van der Waals surface area contributed by atoms with E-state index in [9.17, 15) is 40.4 Å². The number of benzene rings is 2. The molecule has 0 aromatic heterocycles. The molecule has 4 fully saturated rings. The Labute approximate surface area is 345 Å². The van der Waals surface area contributed by atoms with Crippen LogP contribution in [0.25, 0.3) is 0 Å². The Morgan fingerprint density at radius 1 is 1.02 bits per heavy atom. The number of hydrogen-bond donors (Lipinski definition) is 3. The van der Waals surface area contributed by atoms with Crippen molar-refractivity contribution in [1.29, 1.82) is 0 Å². The average molecular weight is 863 g/mol. The molecular formula is C40H55FN6O10S2. The van der Waals surface area contributed by atoms with Crippen LogP contribution < -0.4 is 15.4 Å². The molecular weight excluding hydrogens is 808 g/mol. The SMILES string of the molecule is C.CC[C@@H]1C[C@]1(NC(=O)[C@@H]1C[C@@H](OC(=O)N2Cc3cccc(F)c3C2)CN1C(=O)[C@@H](Nc1cccc(S(=O)(=O)N2CCOCC2)c1)C(C)(C)C)C(=O)NS(=O)(=O)C1CC1. The van der Waals surface area contributed by atoms with Crippen LogP contribution in [-0.4, -0.2) is 117 Å². The third-order valence-electron chi connectivity index (χ3n) is 11.7. The van der Waals surface area contributed by atoms with Gasteiger partial charge in [0.1, 0.15) is 29.5 Å². The van der Waals surface area contributed by atoms with Crippen molar-refractivity contribution in [3.8, 4) is 0 Å². The zero-order chi connectivity index (χ0) is 41.8. The molecule has 0 radical (unpaired) electrons. The van der Waals surface area contributed by atoms with Gasteiger partial charge in [-0.3, -0.25) is 24.0 Å². The quantitative estimate of drug-likeness (QED) is 0.283. The standard InChI is InChI=1S/C39H51FN6O10S2.CH4/c1-5-25-20-39(25,36(49)43-57(51,52)28-12-13-28)42-34(47)32-19-27(56-37(50)44-21-24-8-6-11-31(40)30(24)23-44)22-46(32)35(48)33(38(2,3)4)41-26-9-7-10-29(18-26)58(53,54)45-14-16-55-17-15-45;/h6-11,18,25,27-28,32-33,41H,5,12-17,19-23H2,1-4H3,(H,42,47)(H,43,49);1H4/t25-,27-,32+,33-,39-;/m1./s1. The van der Waals surface area contributed by atoms with Crippen molar-refractivity contribution in [2.75, 3.05) is 38.2 Å². The summed E-state index contributed by atoms with van der Waals surface area (Å²) in [7, 11) is -7.80. The second-order valence-corrected chi connectivity index (χ2v) is 20.8. The number of carbonyl (C=O) groups is 4. The molecule has 0 spiro atoms. The molecule has 3 aliphatic heterocycles. The predicted octanol–water partition coefficient (Wildman–Crippen LogP) is 3.32. The molecule has 2 aliphatic carbocycles. The number of nitrogens with one attached hydrogen (secondary N) is 3. The Morgan fingerprint density at radius 3 is 2.34 bits per heavy atom. The molecule has 2 saturated heterocycles. The Bertz CT molecular complexity index is 2190. The first-order chi connectivity index (χ1) is 27.3. The van der Waals surface area contributed by atoms with Crippen molar-refractivity contribution in [3.63, 3.8) is 0 Å². The highest BCUT2D eigenvalue weighted by Crippen LogP contribution is 2.47. The van der Waals surface area contributed by atoms with Crippen LogP contribution in [0.5, 0.6) is 0 Å². The number of ether oxygens (including phenoxy) is 2. The fourth-order valence-electron chi connectivity index (χ4n) is 8.06. The fraction of sp³-hybridized carbons (Fsp3) is 0.600. The minimum absolute atomic E-state index is 0. The van der Waals surface area contributed by atoms with Crippen molar-refractivity contribution in [1.82, 2.24) is 24.1 Å². The van der Waals surface area contributed by atoms with Gasteiger partial charge in [0.15, 0.2) is 0 Å². The maximum absolute atomic E-state index is 14.8. The lowest BCUT2D eigenvalue weighted by atomic mass is 9.85. The predicted molar refractivity (Wildman–Crippen MR) is 215 cm³/mol. The number of anilines is 1. The molecule has 2 saturated carbocycles. The number of amides is 4. The molecule has 0 bridgehead atoms. The second-order valence-electron chi connectivity index (χ2n) is 16.9. The van der Waals surface area contributed by atoms with Gasteiger partial charge in [-0.15, -0.1) is 0 Å². The summed E-state index contributed by atoms with van der Waals surface area (Å²) in [4.78, 5) is 58.9. The van der Waals surface area contributed by atoms with E-state index in [1.165, 1.54) is 32.3 Å². The second kappa shape index (κ2) is 16.6. The van der Waals surface area contributed by atoms with Crippen LogP contribution in [0.3, 0.4) is 0 Å². The van der Waals surface area contributed by atoms with E-state index in [0.717, 1.165) is 0 Å². The average Bonchev–Trinajstić information content (AvgIpc) is 4.07. The number of morpholine rings is 1. The van der Waals surface area contributed by atoms with Crippen LogP contribution in [0.15, 0.2) is 47.4 Å². The summed E-state index contributed by atoms with van der Waals surface area (Å²) < 4.78 is 81.8. The monoisotopic (exact) mass is 862 g/mol. The highest BCUT2D eigenvalue weighted by molar-refractivity contribution is 7.91. The lowest BCUT2D eigenvalue weighted by Crippen LogP contribution is -2.58. The first kappa shape index (κ1) is 44.2. The molecule has 2 aromatic rings. The largest absolute Gasteiger partial charge is 0.444 e. The Kier molecular flexibility index (Phi) is 12.5. The molecule has 4 amide bonds. The summed E-state index contributed by atoms with van der Waals surface area (Å²) in [5, 5.41) is 5.35. The number of nitrogens with zero attached hydrogens (tertiary/aromatic N) is 3. The molecule has 7 rings (SSSR count). The molecule has 16 nitrogen and oxygen atoms in total. The van der Waals surface area contributed by atoms with Crippen molar-refractivity contribution in [2.24, 2.45) is 11.3 Å². The molecule has 0 unspecified atom stereocenters. The third kappa shape index (κ3) is 9.07. The summed E-state index contributed by atoms with van der Waals surface area (Å²) in [5.74, 6) is -2.90. The lowest BCUT2D eigenvalue weighted by molar-refractivity contribution is -0.141. The van der Waals surface area contributed by atoms with E-state index in [2.05, 4.69) is 15.4 Å². The highest BCUT2D eigenvalue weighted by Gasteiger charge is 2.62. The number of carbonyl (C=O) groups excluding carboxylic acids is 4. The summed E-state index contributed by atoms with van der Waals surface area (Å²) in [5.41, 5.74) is -0.984. The summed E-state index contributed by atoms with van der Waals surface area (Å²) in [6.07, 6.45) is -0.335. The maximum atomic E-state index is 14.8. The molecule has 2 aromatic carbocycles. The van der Waals surface area contributed by atoms with Gasteiger partial charge in [-0.2, -0.15) is 4.31 Å². The third-order valence-corrected chi connectivity index (χ3v) is 15.4. The van der Waals surface area contributed by atoms with Crippen molar-refractivity contribution in [2.45, 2.75) is 114 Å². The van der Waals surface area contributed by atoms with Gasteiger partial charge in [0.05, 0.1) is 36.4 Å². The van der Waals surface area contributed by atoms with Gasteiger partial charge in [0.2, 0.25) is 31.9 Å². The molecule has 3 heterocycles. The fourth-order valence-corrected chi connectivity index (χ4v) is 10.9. The van der Waals surface area contributed by atoms with Gasteiger partial charge in [-0.05, 0) is 60.4 Å². The highest BCUT2D eigenvalue weighted by atomic mass is 32.2. The topological polar surface area (TPSA) is 201 Å². The number of likely N-dealkylation sites (tertiary alicyclic amines) is 1. The number of rotatable bonds is 12. The van der Waals surface area contributed by atoms with Crippen LogP contribution >= 0.6 is 0 Å².